The van der Waals surface area contributed by atoms with Crippen molar-refractivity contribution in [3.8, 4) is 0 Å². The van der Waals surface area contributed by atoms with Gasteiger partial charge in [0.1, 0.15) is 0 Å². The van der Waals surface area contributed by atoms with E-state index in [0.29, 0.717) is 5.69 Å². The minimum atomic E-state index is -4.56. The normalized spacial score (nSPS) is 12.7. The summed E-state index contributed by atoms with van der Waals surface area (Å²) in [5.74, 6) is -1.31. The molecule has 3 aromatic carbocycles. The third kappa shape index (κ3) is 3.69. The fourth-order valence-electron chi connectivity index (χ4n) is 2.64. The number of nitro groups is 1. The molecule has 0 fully saturated rings. The largest absolute Gasteiger partial charge is 0.367 e. The summed E-state index contributed by atoms with van der Waals surface area (Å²) >= 11 is 0. The molecule has 3 rings (SSSR count). The Morgan fingerprint density at radius 2 is 1.60 bits per heavy atom. The van der Waals surface area contributed by atoms with Crippen LogP contribution in [0.1, 0.15) is 11.3 Å². The van der Waals surface area contributed by atoms with Gasteiger partial charge in [-0.15, -0.1) is 0 Å². The summed E-state index contributed by atoms with van der Waals surface area (Å²) in [5, 5.41) is 15.4. The summed E-state index contributed by atoms with van der Waals surface area (Å²) < 4.78 is 12.0. The Morgan fingerprint density at radius 3 is 2.24 bits per heavy atom. The lowest BCUT2D eigenvalue weighted by Crippen LogP contribution is -2.11. The molecule has 0 aliphatic heterocycles. The van der Waals surface area contributed by atoms with E-state index >= 15 is 0 Å². The van der Waals surface area contributed by atoms with Crippen LogP contribution in [0.25, 0.3) is 10.8 Å². The van der Waals surface area contributed by atoms with Crippen molar-refractivity contribution >= 4 is 29.7 Å². The van der Waals surface area contributed by atoms with Gasteiger partial charge < -0.3 is 15.1 Å². The molecule has 3 N–H and O–H groups in total. The molecule has 0 radical (unpaired) electrons. The van der Waals surface area contributed by atoms with Crippen LogP contribution in [0.2, 0.25) is 0 Å². The lowest BCUT2D eigenvalue weighted by atomic mass is 10.1. The van der Waals surface area contributed by atoms with Crippen molar-refractivity contribution in [3.63, 3.8) is 0 Å². The number of nitrogens with one attached hydrogen (secondary N) is 1. The molecule has 0 aliphatic rings. The Labute approximate surface area is 143 Å². The quantitative estimate of drug-likeness (QED) is 0.360. The van der Waals surface area contributed by atoms with Gasteiger partial charge in [0.05, 0.1) is 4.92 Å². The molecule has 0 amide bonds. The molecule has 1 unspecified atom stereocenters. The van der Waals surface area contributed by atoms with Crippen molar-refractivity contribution in [2.75, 3.05) is 5.32 Å². The van der Waals surface area contributed by atoms with E-state index in [1.165, 1.54) is 24.3 Å². The molecule has 0 saturated heterocycles. The molecule has 8 heteroatoms. The summed E-state index contributed by atoms with van der Waals surface area (Å²) in [6.07, 6.45) is 0. The van der Waals surface area contributed by atoms with Gasteiger partial charge in [-0.1, -0.05) is 36.4 Å². The van der Waals surface area contributed by atoms with Crippen LogP contribution in [0, 0.1) is 10.1 Å². The molecule has 1 atom stereocenters. The molecule has 0 heterocycles. The van der Waals surface area contributed by atoms with Crippen molar-refractivity contribution in [2.24, 2.45) is 0 Å². The smallest absolute Gasteiger partial charge is 0.352 e. The van der Waals surface area contributed by atoms with E-state index in [9.17, 15) is 24.5 Å². The number of hydrogen-bond donors (Lipinski definition) is 3. The highest BCUT2D eigenvalue weighted by molar-refractivity contribution is 7.52. The topological polar surface area (TPSA) is 113 Å². The number of hydrogen-bond acceptors (Lipinski definition) is 4. The van der Waals surface area contributed by atoms with Gasteiger partial charge in [-0.3, -0.25) is 14.7 Å². The van der Waals surface area contributed by atoms with Crippen LogP contribution >= 0.6 is 7.60 Å². The fourth-order valence-corrected chi connectivity index (χ4v) is 3.51. The maximum Gasteiger partial charge on any atom is 0.352 e. The van der Waals surface area contributed by atoms with E-state index in [1.807, 2.05) is 30.3 Å². The van der Waals surface area contributed by atoms with Gasteiger partial charge in [-0.25, -0.2) is 0 Å². The highest BCUT2D eigenvalue weighted by Gasteiger charge is 2.31. The lowest BCUT2D eigenvalue weighted by Gasteiger charge is -2.22. The number of anilines is 1. The summed E-state index contributed by atoms with van der Waals surface area (Å²) in [4.78, 5) is 29.7. The van der Waals surface area contributed by atoms with Gasteiger partial charge in [0, 0.05) is 23.2 Å². The third-order valence-corrected chi connectivity index (χ3v) is 4.94. The molecule has 0 aromatic heterocycles. The second kappa shape index (κ2) is 6.64. The van der Waals surface area contributed by atoms with E-state index in [-0.39, 0.29) is 11.3 Å². The zero-order valence-electron chi connectivity index (χ0n) is 12.9. The maximum absolute atomic E-state index is 12.0. The Kier molecular flexibility index (Phi) is 4.55. The molecular weight excluding hydrogens is 343 g/mol. The highest BCUT2D eigenvalue weighted by Crippen LogP contribution is 2.52. The van der Waals surface area contributed by atoms with Gasteiger partial charge in [-0.05, 0) is 29.1 Å². The highest BCUT2D eigenvalue weighted by atomic mass is 31.2. The zero-order chi connectivity index (χ0) is 18.0. The number of rotatable bonds is 5. The van der Waals surface area contributed by atoms with E-state index in [4.69, 9.17) is 0 Å². The first-order valence-corrected chi connectivity index (χ1v) is 9.08. The average molecular weight is 358 g/mol. The van der Waals surface area contributed by atoms with Crippen LogP contribution < -0.4 is 5.32 Å². The van der Waals surface area contributed by atoms with Gasteiger partial charge in [0.2, 0.25) is 0 Å². The standard InChI is InChI=1S/C17H15N2O5P/c20-19(21)14-10-8-13(9-11-14)17(25(22,23)24)18-16-7-3-5-12-4-1-2-6-15(12)16/h1-11,17-18H,(H2,22,23,24). The van der Waals surface area contributed by atoms with Crippen LogP contribution in [0.15, 0.2) is 66.7 Å². The third-order valence-electron chi connectivity index (χ3n) is 3.84. The predicted molar refractivity (Wildman–Crippen MR) is 95.5 cm³/mol. The molecule has 0 aliphatic carbocycles. The Bertz CT molecular complexity index is 963. The molecule has 0 spiro atoms. The van der Waals surface area contributed by atoms with E-state index in [1.54, 1.807) is 12.1 Å². The SMILES string of the molecule is O=[N+]([O-])c1ccc(C(Nc2cccc3ccccc23)P(=O)(O)O)cc1. The summed E-state index contributed by atoms with van der Waals surface area (Å²) in [6, 6.07) is 18.0. The van der Waals surface area contributed by atoms with E-state index < -0.39 is 18.3 Å². The number of nitrogens with zero attached hydrogens (tertiary/aromatic N) is 1. The fraction of sp³-hybridized carbons (Fsp3) is 0.0588. The predicted octanol–water partition coefficient (Wildman–Crippen LogP) is 4.04. The van der Waals surface area contributed by atoms with Crippen molar-refractivity contribution in [3.05, 3.63) is 82.4 Å². The van der Waals surface area contributed by atoms with Crippen molar-refractivity contribution in [2.45, 2.75) is 5.78 Å². The monoisotopic (exact) mass is 358 g/mol. The van der Waals surface area contributed by atoms with Crippen LogP contribution in [-0.4, -0.2) is 14.7 Å². The minimum Gasteiger partial charge on any atom is -0.367 e. The van der Waals surface area contributed by atoms with Crippen molar-refractivity contribution < 1.29 is 19.3 Å². The lowest BCUT2D eigenvalue weighted by molar-refractivity contribution is -0.384. The first kappa shape index (κ1) is 17.1. The Balaban J connectivity index is 2.02. The average Bonchev–Trinajstić information content (AvgIpc) is 2.59. The summed E-state index contributed by atoms with van der Waals surface area (Å²) in [7, 11) is -4.56. The summed E-state index contributed by atoms with van der Waals surface area (Å²) in [5.41, 5.74) is 0.704. The molecule has 3 aromatic rings. The zero-order valence-corrected chi connectivity index (χ0v) is 13.8. The number of nitro benzene ring substituents is 1. The molecule has 25 heavy (non-hydrogen) atoms. The number of non-ortho nitro benzene ring substituents is 1. The molecular formula is C17H15N2O5P. The first-order chi connectivity index (χ1) is 11.9. The van der Waals surface area contributed by atoms with Crippen molar-refractivity contribution in [1.82, 2.24) is 0 Å². The van der Waals surface area contributed by atoms with Crippen LogP contribution in [-0.2, 0) is 4.57 Å². The Morgan fingerprint density at radius 1 is 0.960 bits per heavy atom. The second-order valence-electron chi connectivity index (χ2n) is 5.51. The van der Waals surface area contributed by atoms with Crippen LogP contribution in [0.4, 0.5) is 11.4 Å². The van der Waals surface area contributed by atoms with Crippen LogP contribution in [0.5, 0.6) is 0 Å². The number of fused-ring (bicyclic) bond motifs is 1. The molecule has 0 bridgehead atoms. The first-order valence-electron chi connectivity index (χ1n) is 7.40. The molecule has 0 saturated carbocycles. The second-order valence-corrected chi connectivity index (χ2v) is 7.21. The van der Waals surface area contributed by atoms with Crippen LogP contribution in [0.3, 0.4) is 0 Å². The Hall–Kier alpha value is -2.73. The van der Waals surface area contributed by atoms with E-state index in [2.05, 4.69) is 5.32 Å². The van der Waals surface area contributed by atoms with Crippen molar-refractivity contribution in [1.29, 1.82) is 0 Å². The molecule has 7 nitrogen and oxygen atoms in total. The summed E-state index contributed by atoms with van der Waals surface area (Å²) in [6.45, 7) is 0. The molecule has 128 valence electrons. The van der Waals surface area contributed by atoms with Gasteiger partial charge in [-0.2, -0.15) is 0 Å². The van der Waals surface area contributed by atoms with Gasteiger partial charge in [0.25, 0.3) is 5.69 Å². The minimum absolute atomic E-state index is 0.140. The van der Waals surface area contributed by atoms with Gasteiger partial charge in [0.15, 0.2) is 5.78 Å². The number of benzene rings is 3. The maximum atomic E-state index is 12.0. The van der Waals surface area contributed by atoms with Gasteiger partial charge >= 0.3 is 7.60 Å². The van der Waals surface area contributed by atoms with E-state index in [0.717, 1.165) is 10.8 Å².